The molecule has 7 nitrogen and oxygen atoms in total. The summed E-state index contributed by atoms with van der Waals surface area (Å²) in [7, 11) is 0. The average Bonchev–Trinajstić information content (AvgIpc) is 3.08. The van der Waals surface area contributed by atoms with E-state index in [4.69, 9.17) is 0 Å². The summed E-state index contributed by atoms with van der Waals surface area (Å²) in [5.74, 6) is -1.38. The van der Waals surface area contributed by atoms with E-state index >= 15 is 0 Å². The van der Waals surface area contributed by atoms with Crippen molar-refractivity contribution in [2.75, 3.05) is 6.54 Å². The minimum atomic E-state index is -0.422. The van der Waals surface area contributed by atoms with Crippen LogP contribution in [0.4, 0.5) is 0 Å². The van der Waals surface area contributed by atoms with E-state index in [0.29, 0.717) is 6.54 Å². The molecule has 0 aliphatic carbocycles. The van der Waals surface area contributed by atoms with Gasteiger partial charge in [0.1, 0.15) is 0 Å². The van der Waals surface area contributed by atoms with Gasteiger partial charge in [0.25, 0.3) is 17.7 Å². The summed E-state index contributed by atoms with van der Waals surface area (Å²) in [5, 5.41) is 5.49. The second kappa shape index (κ2) is 9.91. The van der Waals surface area contributed by atoms with Crippen LogP contribution in [0.2, 0.25) is 0 Å². The van der Waals surface area contributed by atoms with Gasteiger partial charge in [-0.05, 0) is 29.3 Å². The molecule has 0 fully saturated rings. The zero-order valence-corrected chi connectivity index (χ0v) is 17.9. The molecule has 0 saturated carbocycles. The summed E-state index contributed by atoms with van der Waals surface area (Å²) < 4.78 is 0. The fraction of sp³-hybridized carbons (Fsp3) is 0.154. The second-order valence-corrected chi connectivity index (χ2v) is 7.71. The molecule has 4 amide bonds. The number of fused-ring (bicyclic) bond motifs is 1. The summed E-state index contributed by atoms with van der Waals surface area (Å²) in [6.45, 7) is 0.754. The van der Waals surface area contributed by atoms with E-state index in [1.54, 1.807) is 0 Å². The van der Waals surface area contributed by atoms with Crippen molar-refractivity contribution in [1.82, 2.24) is 15.5 Å². The molecule has 0 atom stereocenters. The summed E-state index contributed by atoms with van der Waals surface area (Å²) in [6.07, 6.45) is 0.131. The van der Waals surface area contributed by atoms with Crippen LogP contribution in [0.1, 0.15) is 48.6 Å². The molecule has 1 heterocycles. The van der Waals surface area contributed by atoms with Crippen LogP contribution in [-0.4, -0.2) is 35.1 Å². The Bertz CT molecular complexity index is 1190. The molecule has 0 spiro atoms. The van der Waals surface area contributed by atoms with Gasteiger partial charge in [0, 0.05) is 25.1 Å². The topological polar surface area (TPSA) is 95.6 Å². The predicted molar refractivity (Wildman–Crippen MR) is 122 cm³/mol. The molecule has 2 N–H and O–H groups in total. The SMILES string of the molecule is O=C(CCNC(=O)c1ccc2c(c1)C(=O)N(Cc1ccccc1)C2=O)NCc1ccccc1. The third-order valence-corrected chi connectivity index (χ3v) is 5.39. The maximum absolute atomic E-state index is 12.8. The monoisotopic (exact) mass is 441 g/mol. The molecular weight excluding hydrogens is 418 g/mol. The zero-order valence-electron chi connectivity index (χ0n) is 17.9. The van der Waals surface area contributed by atoms with Crippen molar-refractivity contribution in [2.24, 2.45) is 0 Å². The van der Waals surface area contributed by atoms with Crippen molar-refractivity contribution in [2.45, 2.75) is 19.5 Å². The van der Waals surface area contributed by atoms with Crippen LogP contribution in [0.5, 0.6) is 0 Å². The van der Waals surface area contributed by atoms with E-state index in [-0.39, 0.29) is 48.0 Å². The zero-order chi connectivity index (χ0) is 23.2. The van der Waals surface area contributed by atoms with E-state index < -0.39 is 11.8 Å². The lowest BCUT2D eigenvalue weighted by atomic mass is 10.1. The number of hydrogen-bond acceptors (Lipinski definition) is 4. The standard InChI is InChI=1S/C26H23N3O4/c30-23(28-16-18-7-3-1-4-8-18)13-14-27-24(31)20-11-12-21-22(15-20)26(33)29(25(21)32)17-19-9-5-2-6-10-19/h1-12,15H,13-14,16-17H2,(H,27,31)(H,28,30). The first-order chi connectivity index (χ1) is 16.0. The highest BCUT2D eigenvalue weighted by Crippen LogP contribution is 2.25. The number of amides is 4. The Morgan fingerprint density at radius 2 is 1.36 bits per heavy atom. The Hall–Kier alpha value is -4.26. The van der Waals surface area contributed by atoms with Crippen LogP contribution >= 0.6 is 0 Å². The van der Waals surface area contributed by atoms with Gasteiger partial charge in [-0.3, -0.25) is 24.1 Å². The molecule has 4 rings (SSSR count). The van der Waals surface area contributed by atoms with Gasteiger partial charge in [0.2, 0.25) is 5.91 Å². The molecule has 7 heteroatoms. The minimum absolute atomic E-state index is 0.131. The van der Waals surface area contributed by atoms with Crippen LogP contribution in [0.3, 0.4) is 0 Å². The van der Waals surface area contributed by atoms with E-state index in [1.807, 2.05) is 60.7 Å². The first-order valence-electron chi connectivity index (χ1n) is 10.7. The van der Waals surface area contributed by atoms with Crippen LogP contribution in [0.25, 0.3) is 0 Å². The molecule has 3 aromatic carbocycles. The van der Waals surface area contributed by atoms with Crippen LogP contribution in [0, 0.1) is 0 Å². The lowest BCUT2D eigenvalue weighted by Gasteiger charge is -2.13. The molecular formula is C26H23N3O4. The highest BCUT2D eigenvalue weighted by Gasteiger charge is 2.35. The Labute approximate surface area is 191 Å². The number of carbonyl (C=O) groups excluding carboxylic acids is 4. The van der Waals surface area contributed by atoms with Gasteiger partial charge in [-0.2, -0.15) is 0 Å². The van der Waals surface area contributed by atoms with Crippen molar-refractivity contribution in [3.05, 3.63) is 107 Å². The summed E-state index contributed by atoms with van der Waals surface area (Å²) >= 11 is 0. The van der Waals surface area contributed by atoms with Gasteiger partial charge in [-0.25, -0.2) is 0 Å². The highest BCUT2D eigenvalue weighted by atomic mass is 16.2. The van der Waals surface area contributed by atoms with E-state index in [2.05, 4.69) is 10.6 Å². The third kappa shape index (κ3) is 5.15. The molecule has 1 aliphatic heterocycles. The van der Waals surface area contributed by atoms with Crippen molar-refractivity contribution < 1.29 is 19.2 Å². The van der Waals surface area contributed by atoms with Crippen LogP contribution in [0.15, 0.2) is 78.9 Å². The van der Waals surface area contributed by atoms with Crippen LogP contribution in [-0.2, 0) is 17.9 Å². The number of hydrogen-bond donors (Lipinski definition) is 2. The first-order valence-corrected chi connectivity index (χ1v) is 10.7. The average molecular weight is 441 g/mol. The molecule has 0 aromatic heterocycles. The van der Waals surface area contributed by atoms with Crippen molar-refractivity contribution >= 4 is 23.6 Å². The second-order valence-electron chi connectivity index (χ2n) is 7.71. The summed E-state index contributed by atoms with van der Waals surface area (Å²) in [4.78, 5) is 51.2. The summed E-state index contributed by atoms with van der Waals surface area (Å²) in [5.41, 5.74) is 2.60. The van der Waals surface area contributed by atoms with Crippen molar-refractivity contribution in [3.8, 4) is 0 Å². The molecule has 33 heavy (non-hydrogen) atoms. The molecule has 166 valence electrons. The van der Waals surface area contributed by atoms with Crippen LogP contribution < -0.4 is 10.6 Å². The van der Waals surface area contributed by atoms with Crippen molar-refractivity contribution in [1.29, 1.82) is 0 Å². The first kappa shape index (κ1) is 22.0. The molecule has 0 saturated heterocycles. The number of rotatable bonds is 8. The van der Waals surface area contributed by atoms with Gasteiger partial charge in [0.05, 0.1) is 17.7 Å². The number of nitrogens with zero attached hydrogens (tertiary/aromatic N) is 1. The highest BCUT2D eigenvalue weighted by molar-refractivity contribution is 6.22. The molecule has 0 unspecified atom stereocenters. The fourth-order valence-corrected chi connectivity index (χ4v) is 3.62. The van der Waals surface area contributed by atoms with Gasteiger partial charge in [0.15, 0.2) is 0 Å². The smallest absolute Gasteiger partial charge is 0.261 e. The number of imide groups is 1. The minimum Gasteiger partial charge on any atom is -0.352 e. The Balaban J connectivity index is 1.32. The molecule has 0 bridgehead atoms. The largest absolute Gasteiger partial charge is 0.352 e. The van der Waals surface area contributed by atoms with Gasteiger partial charge in [-0.1, -0.05) is 60.7 Å². The van der Waals surface area contributed by atoms with Gasteiger partial charge < -0.3 is 10.6 Å². The van der Waals surface area contributed by atoms with E-state index in [1.165, 1.54) is 23.1 Å². The lowest BCUT2D eigenvalue weighted by molar-refractivity contribution is -0.121. The number of benzene rings is 3. The van der Waals surface area contributed by atoms with E-state index in [0.717, 1.165) is 11.1 Å². The van der Waals surface area contributed by atoms with Crippen molar-refractivity contribution in [3.63, 3.8) is 0 Å². The maximum atomic E-state index is 12.8. The fourth-order valence-electron chi connectivity index (χ4n) is 3.62. The Kier molecular flexibility index (Phi) is 6.59. The molecule has 0 radical (unpaired) electrons. The van der Waals surface area contributed by atoms with Gasteiger partial charge in [-0.15, -0.1) is 0 Å². The lowest BCUT2D eigenvalue weighted by Crippen LogP contribution is -2.30. The predicted octanol–water partition coefficient (Wildman–Crippen LogP) is 2.92. The van der Waals surface area contributed by atoms with E-state index in [9.17, 15) is 19.2 Å². The molecule has 3 aromatic rings. The summed E-state index contributed by atoms with van der Waals surface area (Å²) in [6, 6.07) is 23.2. The number of carbonyl (C=O) groups is 4. The maximum Gasteiger partial charge on any atom is 0.261 e. The third-order valence-electron chi connectivity index (χ3n) is 5.39. The Morgan fingerprint density at radius 3 is 2.06 bits per heavy atom. The number of nitrogens with one attached hydrogen (secondary N) is 2. The van der Waals surface area contributed by atoms with Gasteiger partial charge >= 0.3 is 0 Å². The normalized spacial score (nSPS) is 12.4. The molecule has 1 aliphatic rings. The Morgan fingerprint density at radius 1 is 0.727 bits per heavy atom. The quantitative estimate of drug-likeness (QED) is 0.526.